The predicted octanol–water partition coefficient (Wildman–Crippen LogP) is 4.86. The lowest BCUT2D eigenvalue weighted by molar-refractivity contribution is 0.0946. The third-order valence-electron chi connectivity index (χ3n) is 6.64. The first-order valence-electron chi connectivity index (χ1n) is 12.1. The van der Waals surface area contributed by atoms with Gasteiger partial charge >= 0.3 is 0 Å². The molecule has 1 atom stereocenters. The van der Waals surface area contributed by atoms with Crippen LogP contribution in [0.2, 0.25) is 0 Å². The normalized spacial score (nSPS) is 18.5. The number of nitrogens with zero attached hydrogens (tertiary/aromatic N) is 3. The molecule has 2 aliphatic rings. The number of carbonyl (C=O) groups excluding carboxylic acids is 1. The first-order chi connectivity index (χ1) is 18.3. The van der Waals surface area contributed by atoms with Gasteiger partial charge < -0.3 is 10.1 Å². The van der Waals surface area contributed by atoms with E-state index >= 15 is 0 Å². The average Bonchev–Trinajstić information content (AvgIpc) is 3.78. The molecule has 1 saturated carbocycles. The van der Waals surface area contributed by atoms with Crippen LogP contribution in [0, 0.1) is 0 Å². The molecule has 38 heavy (non-hydrogen) atoms. The van der Waals surface area contributed by atoms with Gasteiger partial charge in [-0.3, -0.25) is 14.8 Å². The quantitative estimate of drug-likeness (QED) is 0.350. The minimum atomic E-state index is -4.29. The van der Waals surface area contributed by atoms with Gasteiger partial charge in [-0.1, -0.05) is 22.0 Å². The fourth-order valence-electron chi connectivity index (χ4n) is 4.39. The second kappa shape index (κ2) is 9.79. The van der Waals surface area contributed by atoms with Gasteiger partial charge in [0.1, 0.15) is 0 Å². The van der Waals surface area contributed by atoms with E-state index in [1.807, 2.05) is 24.3 Å². The van der Waals surface area contributed by atoms with E-state index in [1.54, 1.807) is 12.3 Å². The topological polar surface area (TPSA) is 111 Å². The van der Waals surface area contributed by atoms with Gasteiger partial charge in [0.15, 0.2) is 0 Å². The number of nitrogens with one attached hydrogen (secondary N) is 1. The fourth-order valence-corrected chi connectivity index (χ4v) is 6.45. The summed E-state index contributed by atoms with van der Waals surface area (Å²) < 4.78 is 44.9. The molecule has 4 aromatic rings. The highest BCUT2D eigenvalue weighted by atomic mass is 79.9. The zero-order chi connectivity index (χ0) is 26.4. The number of hydrogen-bond acceptors (Lipinski definition) is 7. The molecule has 0 bridgehead atoms. The molecule has 3 aromatic heterocycles. The van der Waals surface area contributed by atoms with Gasteiger partial charge in [0.05, 0.1) is 47.3 Å². The smallest absolute Gasteiger partial charge is 0.251 e. The zero-order valence-electron chi connectivity index (χ0n) is 20.0. The van der Waals surface area contributed by atoms with Crippen LogP contribution in [0.25, 0.3) is 22.3 Å². The van der Waals surface area contributed by atoms with Crippen molar-refractivity contribution in [2.75, 3.05) is 6.61 Å². The van der Waals surface area contributed by atoms with Gasteiger partial charge in [-0.05, 0) is 55.3 Å². The number of sulfone groups is 1. The zero-order valence-corrected chi connectivity index (χ0v) is 22.4. The summed E-state index contributed by atoms with van der Waals surface area (Å²) in [6.07, 6.45) is 4.03. The SMILES string of the molecule is O=C(NCc1cc2nc(-c3cccc(C4CC4)n3)ccc2cn1)c1cc(Br)c2c(c1)S(=O)(=O)[C@@H](F)COC2. The van der Waals surface area contributed by atoms with Crippen LogP contribution in [0.4, 0.5) is 4.39 Å². The van der Waals surface area contributed by atoms with Crippen molar-refractivity contribution in [3.05, 3.63) is 81.7 Å². The summed E-state index contributed by atoms with van der Waals surface area (Å²) in [7, 11) is -4.29. The molecule has 0 saturated heterocycles. The maximum absolute atomic E-state index is 14.2. The summed E-state index contributed by atoms with van der Waals surface area (Å²) in [6.45, 7) is -0.545. The Bertz CT molecular complexity index is 1690. The van der Waals surface area contributed by atoms with Crippen molar-refractivity contribution in [3.63, 3.8) is 0 Å². The molecule has 1 aromatic carbocycles. The fraction of sp³-hybridized carbons (Fsp3) is 0.259. The molecule has 1 fully saturated rings. The molecule has 1 N–H and O–H groups in total. The largest absolute Gasteiger partial charge is 0.373 e. The molecule has 1 aliphatic heterocycles. The Hall–Kier alpha value is -3.28. The van der Waals surface area contributed by atoms with Crippen LogP contribution in [0.15, 0.2) is 64.1 Å². The number of aromatic nitrogens is 3. The van der Waals surface area contributed by atoms with Gasteiger partial charge in [-0.25, -0.2) is 17.8 Å². The Morgan fingerprint density at radius 1 is 1.11 bits per heavy atom. The summed E-state index contributed by atoms with van der Waals surface area (Å²) in [5.74, 6) is 0.0239. The van der Waals surface area contributed by atoms with E-state index in [9.17, 15) is 17.6 Å². The highest BCUT2D eigenvalue weighted by molar-refractivity contribution is 9.10. The second-order valence-electron chi connectivity index (χ2n) is 9.37. The van der Waals surface area contributed by atoms with Gasteiger partial charge in [-0.2, -0.15) is 0 Å². The first-order valence-corrected chi connectivity index (χ1v) is 14.4. The Kier molecular flexibility index (Phi) is 6.45. The van der Waals surface area contributed by atoms with Crippen LogP contribution in [0.5, 0.6) is 0 Å². The van der Waals surface area contributed by atoms with Crippen LogP contribution < -0.4 is 5.32 Å². The number of carbonyl (C=O) groups is 1. The van der Waals surface area contributed by atoms with E-state index in [0.717, 1.165) is 22.5 Å². The van der Waals surface area contributed by atoms with Gasteiger partial charge in [0.2, 0.25) is 15.3 Å². The first kappa shape index (κ1) is 25.0. The number of pyridine rings is 3. The van der Waals surface area contributed by atoms with Crippen LogP contribution >= 0.6 is 15.9 Å². The number of rotatable bonds is 5. The van der Waals surface area contributed by atoms with Crippen molar-refractivity contribution in [2.45, 2.75) is 42.3 Å². The van der Waals surface area contributed by atoms with Gasteiger partial charge in [-0.15, -0.1) is 0 Å². The third kappa shape index (κ3) is 4.81. The maximum atomic E-state index is 14.2. The van der Waals surface area contributed by atoms with E-state index in [-0.39, 0.29) is 29.2 Å². The van der Waals surface area contributed by atoms with Crippen molar-refractivity contribution in [1.82, 2.24) is 20.3 Å². The standard InChI is InChI=1S/C27H22BrFN4O4S/c28-20-8-17(9-25-19(20)13-37-14-26(29)38(25,35)36)27(34)31-12-18-10-24-16(11-30-18)6-7-23(33-24)22-3-1-2-21(32-22)15-4-5-15/h1-3,6-11,15,26H,4-5,12-14H2,(H,31,34)/t26-/m1/s1. The Labute approximate surface area is 226 Å². The van der Waals surface area contributed by atoms with E-state index in [1.165, 1.54) is 25.0 Å². The third-order valence-corrected chi connectivity index (χ3v) is 9.14. The number of ether oxygens (including phenoxy) is 1. The highest BCUT2D eigenvalue weighted by Crippen LogP contribution is 2.39. The van der Waals surface area contributed by atoms with Gasteiger partial charge in [0, 0.05) is 38.8 Å². The molecule has 6 rings (SSSR count). The van der Waals surface area contributed by atoms with E-state index in [0.29, 0.717) is 21.6 Å². The van der Waals surface area contributed by atoms with Crippen LogP contribution in [0.3, 0.4) is 0 Å². The van der Waals surface area contributed by atoms with Gasteiger partial charge in [0.25, 0.3) is 5.91 Å². The molecule has 1 amide bonds. The lowest BCUT2D eigenvalue weighted by atomic mass is 10.1. The number of amides is 1. The van der Waals surface area contributed by atoms with Crippen LogP contribution in [-0.2, 0) is 27.7 Å². The summed E-state index contributed by atoms with van der Waals surface area (Å²) in [5.41, 5.74) is 2.13. The van der Waals surface area contributed by atoms with Crippen LogP contribution in [-0.4, -0.2) is 41.4 Å². The van der Waals surface area contributed by atoms with E-state index in [2.05, 4.69) is 32.3 Å². The average molecular weight is 597 g/mol. The van der Waals surface area contributed by atoms with E-state index < -0.39 is 27.9 Å². The maximum Gasteiger partial charge on any atom is 0.251 e. The second-order valence-corrected chi connectivity index (χ2v) is 12.3. The molecule has 0 unspecified atom stereocenters. The lowest BCUT2D eigenvalue weighted by Crippen LogP contribution is -2.24. The number of benzene rings is 1. The summed E-state index contributed by atoms with van der Waals surface area (Å²) in [5, 5.41) is 3.61. The number of halogens is 2. The number of alkyl halides is 1. The molecule has 1 aliphatic carbocycles. The number of hydrogen-bond donors (Lipinski definition) is 1. The van der Waals surface area contributed by atoms with Crippen molar-refractivity contribution in [2.24, 2.45) is 0 Å². The minimum absolute atomic E-state index is 0.0755. The van der Waals surface area contributed by atoms with E-state index in [4.69, 9.17) is 14.7 Å². The molecular weight excluding hydrogens is 575 g/mol. The van der Waals surface area contributed by atoms with Crippen LogP contribution in [0.1, 0.15) is 46.1 Å². The minimum Gasteiger partial charge on any atom is -0.373 e. The summed E-state index contributed by atoms with van der Waals surface area (Å²) in [6, 6.07) is 14.3. The Balaban J connectivity index is 1.23. The molecule has 0 spiro atoms. The molecule has 11 heteroatoms. The molecule has 0 radical (unpaired) electrons. The van der Waals surface area contributed by atoms with Crippen molar-refractivity contribution < 1.29 is 22.3 Å². The summed E-state index contributed by atoms with van der Waals surface area (Å²) >= 11 is 3.30. The van der Waals surface area contributed by atoms with Crippen molar-refractivity contribution >= 4 is 42.6 Å². The number of fused-ring (bicyclic) bond motifs is 2. The van der Waals surface area contributed by atoms with Crippen molar-refractivity contribution in [3.8, 4) is 11.4 Å². The molecule has 194 valence electrons. The molecule has 4 heterocycles. The highest BCUT2D eigenvalue weighted by Gasteiger charge is 2.34. The lowest BCUT2D eigenvalue weighted by Gasteiger charge is -2.12. The van der Waals surface area contributed by atoms with Crippen molar-refractivity contribution in [1.29, 1.82) is 0 Å². The predicted molar refractivity (Wildman–Crippen MR) is 142 cm³/mol. The molecule has 8 nitrogen and oxygen atoms in total. The summed E-state index contributed by atoms with van der Waals surface area (Å²) in [4.78, 5) is 26.6. The Morgan fingerprint density at radius 3 is 2.74 bits per heavy atom. The monoisotopic (exact) mass is 596 g/mol. The molecular formula is C27H22BrFN4O4S. The Morgan fingerprint density at radius 2 is 1.92 bits per heavy atom.